The predicted octanol–water partition coefficient (Wildman–Crippen LogP) is 3.94. The zero-order valence-corrected chi connectivity index (χ0v) is 21.3. The summed E-state index contributed by atoms with van der Waals surface area (Å²) in [5.74, 6) is 0.0598. The first-order valence-corrected chi connectivity index (χ1v) is 12.7. The molecule has 8 nitrogen and oxygen atoms in total. The fraction of sp³-hybridized carbons (Fsp3) is 0.519. The number of nitriles is 2. The first kappa shape index (κ1) is 25.8. The molecule has 2 aliphatic heterocycles. The molecule has 38 heavy (non-hydrogen) atoms. The Bertz CT molecular complexity index is 1350. The van der Waals surface area contributed by atoms with Gasteiger partial charge in [-0.2, -0.15) is 10.5 Å². The average molecular weight is 524 g/mol. The molecule has 3 heterocycles. The summed E-state index contributed by atoms with van der Waals surface area (Å²) in [7, 11) is 0. The second kappa shape index (κ2) is 9.46. The lowest BCUT2D eigenvalue weighted by molar-refractivity contribution is -0.143. The highest BCUT2D eigenvalue weighted by atomic mass is 19.1. The van der Waals surface area contributed by atoms with Crippen molar-refractivity contribution < 1.29 is 18.0 Å². The Kier molecular flexibility index (Phi) is 6.42. The van der Waals surface area contributed by atoms with Crippen LogP contribution in [0.2, 0.25) is 0 Å². The number of hydrogen-bond acceptors (Lipinski definition) is 7. The van der Waals surface area contributed by atoms with Gasteiger partial charge in [0.1, 0.15) is 37.1 Å². The van der Waals surface area contributed by atoms with E-state index >= 15 is 0 Å². The summed E-state index contributed by atoms with van der Waals surface area (Å²) in [6.45, 7) is 2.04. The predicted molar refractivity (Wildman–Crippen MR) is 134 cm³/mol. The highest BCUT2D eigenvalue weighted by Crippen LogP contribution is 2.56. The molecule has 1 aliphatic carbocycles. The topological polar surface area (TPSA) is 100 Å². The molecule has 1 spiro atoms. The fourth-order valence-corrected chi connectivity index (χ4v) is 5.98. The van der Waals surface area contributed by atoms with Crippen molar-refractivity contribution in [3.8, 4) is 12.1 Å². The van der Waals surface area contributed by atoms with Crippen LogP contribution in [0.15, 0.2) is 24.5 Å². The Morgan fingerprint density at radius 2 is 1.82 bits per heavy atom. The molecule has 1 saturated heterocycles. The van der Waals surface area contributed by atoms with Gasteiger partial charge >= 0.3 is 0 Å². The summed E-state index contributed by atoms with van der Waals surface area (Å²) < 4.78 is 41.6. The van der Waals surface area contributed by atoms with Gasteiger partial charge in [-0.15, -0.1) is 0 Å². The minimum absolute atomic E-state index is 0.175. The number of halogens is 3. The Labute approximate surface area is 219 Å². The van der Waals surface area contributed by atoms with Gasteiger partial charge in [-0.1, -0.05) is 6.42 Å². The molecule has 1 amide bonds. The average Bonchev–Trinajstić information content (AvgIpc) is 3.27. The van der Waals surface area contributed by atoms with Crippen molar-refractivity contribution >= 4 is 23.2 Å². The lowest BCUT2D eigenvalue weighted by Crippen LogP contribution is -2.62. The molecular weight excluding hydrogens is 495 g/mol. The van der Waals surface area contributed by atoms with Crippen molar-refractivity contribution in [2.75, 3.05) is 42.8 Å². The van der Waals surface area contributed by atoms with Gasteiger partial charge in [0.05, 0.1) is 17.7 Å². The van der Waals surface area contributed by atoms with Crippen molar-refractivity contribution in [3.05, 3.63) is 41.5 Å². The van der Waals surface area contributed by atoms with Crippen LogP contribution in [-0.4, -0.2) is 65.8 Å². The molecule has 5 rings (SSSR count). The largest absolute Gasteiger partial charge is 0.350 e. The third-order valence-electron chi connectivity index (χ3n) is 8.29. The summed E-state index contributed by atoms with van der Waals surface area (Å²) in [5.41, 5.74) is -0.802. The number of piperazine rings is 1. The van der Waals surface area contributed by atoms with Crippen molar-refractivity contribution in [1.29, 1.82) is 10.5 Å². The first-order chi connectivity index (χ1) is 18.2. The highest BCUT2D eigenvalue weighted by Gasteiger charge is 2.52. The van der Waals surface area contributed by atoms with Crippen LogP contribution >= 0.6 is 0 Å². The number of amides is 1. The summed E-state index contributed by atoms with van der Waals surface area (Å²) in [5, 5.41) is 18.7. The van der Waals surface area contributed by atoms with E-state index in [0.29, 0.717) is 24.6 Å². The first-order valence-electron chi connectivity index (χ1n) is 12.7. The second-order valence-corrected chi connectivity index (χ2v) is 10.7. The van der Waals surface area contributed by atoms with E-state index in [4.69, 9.17) is 0 Å². The SMILES string of the molecule is C[C@@H]1CN(c2ncnc3c2C2(CCC2)CN3c2cc(F)cc(C#N)c2)[C@@H](C)CN1C(=O)C(C#N)(CF)CF. The third-order valence-corrected chi connectivity index (χ3v) is 8.29. The quantitative estimate of drug-likeness (QED) is 0.585. The number of fused-ring (bicyclic) bond motifs is 2. The molecule has 3 aliphatic rings. The molecule has 0 bridgehead atoms. The maximum absolute atomic E-state index is 14.3. The zero-order chi connectivity index (χ0) is 27.2. The van der Waals surface area contributed by atoms with Crippen molar-refractivity contribution in [2.45, 2.75) is 50.6 Å². The number of alkyl halides is 2. The van der Waals surface area contributed by atoms with Gasteiger partial charge in [0.2, 0.25) is 5.91 Å². The van der Waals surface area contributed by atoms with Gasteiger partial charge in [-0.3, -0.25) is 4.79 Å². The summed E-state index contributed by atoms with van der Waals surface area (Å²) in [6, 6.07) is 7.13. The number of hydrogen-bond donors (Lipinski definition) is 0. The summed E-state index contributed by atoms with van der Waals surface area (Å²) in [4.78, 5) is 27.7. The summed E-state index contributed by atoms with van der Waals surface area (Å²) in [6.07, 6.45) is 4.32. The van der Waals surface area contributed by atoms with Gasteiger partial charge < -0.3 is 14.7 Å². The number of nitrogens with zero attached hydrogens (tertiary/aromatic N) is 7. The number of carbonyl (C=O) groups excluding carboxylic acids is 1. The van der Waals surface area contributed by atoms with E-state index in [0.717, 1.165) is 30.6 Å². The van der Waals surface area contributed by atoms with E-state index in [1.165, 1.54) is 23.4 Å². The van der Waals surface area contributed by atoms with E-state index in [1.807, 2.05) is 17.9 Å². The Hall–Kier alpha value is -3.86. The van der Waals surface area contributed by atoms with Crippen molar-refractivity contribution in [1.82, 2.24) is 14.9 Å². The molecule has 2 aromatic rings. The number of aromatic nitrogens is 2. The molecule has 0 unspecified atom stereocenters. The number of rotatable bonds is 5. The van der Waals surface area contributed by atoms with Crippen LogP contribution in [0.3, 0.4) is 0 Å². The fourth-order valence-electron chi connectivity index (χ4n) is 5.98. The van der Waals surface area contributed by atoms with E-state index in [-0.39, 0.29) is 23.6 Å². The molecule has 0 N–H and O–H groups in total. The molecule has 198 valence electrons. The zero-order valence-electron chi connectivity index (χ0n) is 21.3. The monoisotopic (exact) mass is 523 g/mol. The maximum atomic E-state index is 14.3. The van der Waals surface area contributed by atoms with E-state index < -0.39 is 36.5 Å². The number of carbonyl (C=O) groups is 1. The van der Waals surface area contributed by atoms with Gasteiger partial charge in [-0.05, 0) is 44.9 Å². The molecular formula is C27H28F3N7O. The van der Waals surface area contributed by atoms with E-state index in [9.17, 15) is 28.5 Å². The number of anilines is 3. The van der Waals surface area contributed by atoms with Gasteiger partial charge in [0.25, 0.3) is 0 Å². The third kappa shape index (κ3) is 3.84. The van der Waals surface area contributed by atoms with E-state index in [2.05, 4.69) is 14.9 Å². The van der Waals surface area contributed by atoms with Crippen LogP contribution in [0.5, 0.6) is 0 Å². The highest BCUT2D eigenvalue weighted by molar-refractivity contribution is 5.86. The summed E-state index contributed by atoms with van der Waals surface area (Å²) >= 11 is 0. The van der Waals surface area contributed by atoms with Crippen LogP contribution in [-0.2, 0) is 10.2 Å². The van der Waals surface area contributed by atoms with Crippen LogP contribution < -0.4 is 9.80 Å². The normalized spacial score (nSPS) is 22.0. The van der Waals surface area contributed by atoms with Crippen molar-refractivity contribution in [2.24, 2.45) is 5.41 Å². The van der Waals surface area contributed by atoms with Gasteiger partial charge in [-0.25, -0.2) is 23.1 Å². The lowest BCUT2D eigenvalue weighted by atomic mass is 9.66. The Morgan fingerprint density at radius 3 is 2.42 bits per heavy atom. The second-order valence-electron chi connectivity index (χ2n) is 10.7. The number of benzene rings is 1. The maximum Gasteiger partial charge on any atom is 0.248 e. The molecule has 2 atom stereocenters. The molecule has 0 radical (unpaired) electrons. The molecule has 1 aromatic heterocycles. The van der Waals surface area contributed by atoms with Crippen LogP contribution in [0.1, 0.15) is 44.2 Å². The molecule has 1 saturated carbocycles. The Morgan fingerprint density at radius 1 is 1.11 bits per heavy atom. The van der Waals surface area contributed by atoms with Crippen molar-refractivity contribution in [3.63, 3.8) is 0 Å². The van der Waals surface area contributed by atoms with Gasteiger partial charge in [0.15, 0.2) is 5.41 Å². The molecule has 2 fully saturated rings. The van der Waals surface area contributed by atoms with Crippen LogP contribution in [0, 0.1) is 33.9 Å². The minimum atomic E-state index is -2.32. The minimum Gasteiger partial charge on any atom is -0.350 e. The standard InChI is InChI=1S/C27H28F3N7O/c1-17-11-36(25(38)27(12-28,13-29)14-32)18(2)10-35(17)23-22-24(34-16-33-23)37(15-26(22)4-3-5-26)21-7-19(9-31)6-20(30)8-21/h6-8,16-18H,3-5,10-13,15H2,1-2H3/t17-,18+/m0/s1. The van der Waals surface area contributed by atoms with E-state index in [1.54, 1.807) is 19.1 Å². The lowest BCUT2D eigenvalue weighted by Gasteiger charge is -2.47. The Balaban J connectivity index is 1.51. The molecule has 11 heteroatoms. The smallest absolute Gasteiger partial charge is 0.248 e. The van der Waals surface area contributed by atoms with Gasteiger partial charge in [0, 0.05) is 48.4 Å². The van der Waals surface area contributed by atoms with Crippen LogP contribution in [0.25, 0.3) is 0 Å². The van der Waals surface area contributed by atoms with Crippen LogP contribution in [0.4, 0.5) is 30.5 Å². The molecule has 1 aromatic carbocycles.